The fourth-order valence-corrected chi connectivity index (χ4v) is 1.59. The highest BCUT2D eigenvalue weighted by molar-refractivity contribution is 5.86. The second-order valence-electron chi connectivity index (χ2n) is 3.91. The first kappa shape index (κ1) is 13.4. The summed E-state index contributed by atoms with van der Waals surface area (Å²) < 4.78 is 5.12. The molecule has 1 aliphatic rings. The minimum atomic E-state index is -1.18. The number of aliphatic carboxylic acids is 1. The molecule has 1 unspecified atom stereocenters. The molecule has 0 bridgehead atoms. The molecule has 1 aliphatic heterocycles. The lowest BCUT2D eigenvalue weighted by molar-refractivity contribution is -0.144. The normalized spacial score (nSPS) is 20.8. The Kier molecular flexibility index (Phi) is 4.89. The van der Waals surface area contributed by atoms with Crippen molar-refractivity contribution in [3.63, 3.8) is 0 Å². The summed E-state index contributed by atoms with van der Waals surface area (Å²) in [6.45, 7) is 0.511. The molecule has 7 nitrogen and oxygen atoms in total. The third kappa shape index (κ3) is 4.39. The van der Waals surface area contributed by atoms with Crippen molar-refractivity contribution in [1.82, 2.24) is 5.32 Å². The maximum Gasteiger partial charge on any atom is 0.326 e. The van der Waals surface area contributed by atoms with Gasteiger partial charge in [-0.2, -0.15) is 0 Å². The molecule has 1 heterocycles. The average Bonchev–Trinajstić information content (AvgIpc) is 2.76. The molecular weight excluding hydrogens is 228 g/mol. The summed E-state index contributed by atoms with van der Waals surface area (Å²) in [4.78, 5) is 33.0. The van der Waals surface area contributed by atoms with Crippen molar-refractivity contribution in [2.45, 2.75) is 37.8 Å². The molecule has 7 heteroatoms. The maximum absolute atomic E-state index is 11.6. The Labute approximate surface area is 98.3 Å². The van der Waals surface area contributed by atoms with Gasteiger partial charge in [0.05, 0.1) is 0 Å². The number of nitrogens with one attached hydrogen (secondary N) is 1. The van der Waals surface area contributed by atoms with Crippen LogP contribution in [0, 0.1) is 0 Å². The van der Waals surface area contributed by atoms with Gasteiger partial charge in [-0.3, -0.25) is 9.59 Å². The number of carboxylic acid groups (broad SMARTS) is 1. The van der Waals surface area contributed by atoms with Crippen molar-refractivity contribution in [2.24, 2.45) is 5.73 Å². The van der Waals surface area contributed by atoms with Crippen LogP contribution in [0.1, 0.15) is 25.7 Å². The van der Waals surface area contributed by atoms with Gasteiger partial charge < -0.3 is 20.9 Å². The van der Waals surface area contributed by atoms with Crippen LogP contribution in [0.15, 0.2) is 0 Å². The number of carbonyl (C=O) groups is 3. The molecule has 1 rings (SSSR count). The Morgan fingerprint density at radius 3 is 2.65 bits per heavy atom. The van der Waals surface area contributed by atoms with Crippen LogP contribution in [-0.2, 0) is 19.1 Å². The minimum absolute atomic E-state index is 0.0108. The number of primary amides is 1. The number of nitrogens with two attached hydrogens (primary N) is 1. The maximum atomic E-state index is 11.6. The van der Waals surface area contributed by atoms with Gasteiger partial charge in [-0.05, 0) is 19.3 Å². The van der Waals surface area contributed by atoms with E-state index in [0.29, 0.717) is 13.0 Å². The number of rotatable bonds is 6. The van der Waals surface area contributed by atoms with E-state index in [4.69, 9.17) is 15.6 Å². The lowest BCUT2D eigenvalue weighted by Gasteiger charge is -2.16. The van der Waals surface area contributed by atoms with Gasteiger partial charge in [-0.25, -0.2) is 4.79 Å². The topological polar surface area (TPSA) is 119 Å². The number of ether oxygens (including phenoxy) is 1. The second kappa shape index (κ2) is 6.19. The summed E-state index contributed by atoms with van der Waals surface area (Å²) in [5.41, 5.74) is 4.92. The molecule has 4 N–H and O–H groups in total. The van der Waals surface area contributed by atoms with Crippen LogP contribution in [-0.4, -0.2) is 41.6 Å². The number of hydrogen-bond donors (Lipinski definition) is 3. The van der Waals surface area contributed by atoms with E-state index in [-0.39, 0.29) is 12.8 Å². The summed E-state index contributed by atoms with van der Waals surface area (Å²) >= 11 is 0. The molecule has 0 aromatic heterocycles. The fraction of sp³-hybridized carbons (Fsp3) is 0.700. The van der Waals surface area contributed by atoms with E-state index in [0.717, 1.165) is 6.42 Å². The van der Waals surface area contributed by atoms with E-state index in [2.05, 4.69) is 5.32 Å². The second-order valence-corrected chi connectivity index (χ2v) is 3.91. The fourth-order valence-electron chi connectivity index (χ4n) is 1.59. The highest BCUT2D eigenvalue weighted by Gasteiger charge is 2.28. The molecule has 1 saturated heterocycles. The van der Waals surface area contributed by atoms with Gasteiger partial charge in [0, 0.05) is 13.0 Å². The van der Waals surface area contributed by atoms with Crippen LogP contribution in [0.5, 0.6) is 0 Å². The molecule has 0 aliphatic carbocycles. The molecule has 0 radical (unpaired) electrons. The lowest BCUT2D eigenvalue weighted by atomic mass is 10.1. The molecule has 2 amide bonds. The molecule has 0 saturated carbocycles. The van der Waals surface area contributed by atoms with Crippen LogP contribution < -0.4 is 11.1 Å². The van der Waals surface area contributed by atoms with Crippen molar-refractivity contribution >= 4 is 17.8 Å². The Bertz CT molecular complexity index is 312. The van der Waals surface area contributed by atoms with Gasteiger partial charge in [-0.15, -0.1) is 0 Å². The van der Waals surface area contributed by atoms with E-state index < -0.39 is 29.9 Å². The summed E-state index contributed by atoms with van der Waals surface area (Å²) in [5, 5.41) is 11.2. The van der Waals surface area contributed by atoms with Crippen LogP contribution in [0.3, 0.4) is 0 Å². The molecular formula is C10H16N2O5. The summed E-state index contributed by atoms with van der Waals surface area (Å²) in [7, 11) is 0. The van der Waals surface area contributed by atoms with E-state index in [1.165, 1.54) is 0 Å². The molecule has 0 aromatic carbocycles. The quantitative estimate of drug-likeness (QED) is 0.553. The van der Waals surface area contributed by atoms with Gasteiger partial charge in [0.25, 0.3) is 0 Å². The van der Waals surface area contributed by atoms with Crippen molar-refractivity contribution < 1.29 is 24.2 Å². The smallest absolute Gasteiger partial charge is 0.326 e. The largest absolute Gasteiger partial charge is 0.480 e. The van der Waals surface area contributed by atoms with Crippen molar-refractivity contribution in [1.29, 1.82) is 0 Å². The average molecular weight is 244 g/mol. The van der Waals surface area contributed by atoms with E-state index >= 15 is 0 Å². The first-order valence-electron chi connectivity index (χ1n) is 5.44. The van der Waals surface area contributed by atoms with Gasteiger partial charge in [-0.1, -0.05) is 0 Å². The predicted molar refractivity (Wildman–Crippen MR) is 57.0 cm³/mol. The standard InChI is InChI=1S/C10H16N2O5/c11-8(13)4-3-6(10(15)16)12-9(14)7-2-1-5-17-7/h6-7H,1-5H2,(H2,11,13)(H,12,14)(H,15,16)/t6-,7?/m1/s1. The predicted octanol–water partition coefficient (Wildman–Crippen LogP) is -1.000. The SMILES string of the molecule is NC(=O)CC[C@@H](NC(=O)C1CCCO1)C(=O)O. The number of amides is 2. The van der Waals surface area contributed by atoms with Crippen LogP contribution in [0.2, 0.25) is 0 Å². The zero-order chi connectivity index (χ0) is 12.8. The van der Waals surface area contributed by atoms with E-state index in [1.807, 2.05) is 0 Å². The van der Waals surface area contributed by atoms with Crippen molar-refractivity contribution in [2.75, 3.05) is 6.61 Å². The number of carboxylic acids is 1. The Balaban J connectivity index is 2.44. The highest BCUT2D eigenvalue weighted by Crippen LogP contribution is 2.12. The first-order chi connectivity index (χ1) is 8.00. The monoisotopic (exact) mass is 244 g/mol. The lowest BCUT2D eigenvalue weighted by Crippen LogP contribution is -2.45. The summed E-state index contributed by atoms with van der Waals surface area (Å²) in [5.74, 6) is -2.22. The zero-order valence-electron chi connectivity index (χ0n) is 9.35. The van der Waals surface area contributed by atoms with E-state index in [1.54, 1.807) is 0 Å². The third-order valence-corrected chi connectivity index (χ3v) is 2.52. The molecule has 17 heavy (non-hydrogen) atoms. The Hall–Kier alpha value is -1.63. The molecule has 2 atom stereocenters. The Morgan fingerprint density at radius 2 is 2.18 bits per heavy atom. The molecule has 0 aromatic rings. The minimum Gasteiger partial charge on any atom is -0.480 e. The summed E-state index contributed by atoms with van der Waals surface area (Å²) in [6, 6.07) is -1.10. The van der Waals surface area contributed by atoms with Crippen molar-refractivity contribution in [3.8, 4) is 0 Å². The first-order valence-corrected chi connectivity index (χ1v) is 5.44. The Morgan fingerprint density at radius 1 is 1.47 bits per heavy atom. The molecule has 96 valence electrons. The number of carbonyl (C=O) groups excluding carboxylic acids is 2. The van der Waals surface area contributed by atoms with E-state index in [9.17, 15) is 14.4 Å². The van der Waals surface area contributed by atoms with Gasteiger partial charge in [0.2, 0.25) is 11.8 Å². The van der Waals surface area contributed by atoms with Crippen LogP contribution >= 0.6 is 0 Å². The van der Waals surface area contributed by atoms with Crippen LogP contribution in [0.4, 0.5) is 0 Å². The van der Waals surface area contributed by atoms with Gasteiger partial charge >= 0.3 is 5.97 Å². The third-order valence-electron chi connectivity index (χ3n) is 2.52. The highest BCUT2D eigenvalue weighted by atomic mass is 16.5. The van der Waals surface area contributed by atoms with Gasteiger partial charge in [0.1, 0.15) is 12.1 Å². The summed E-state index contributed by atoms with van der Waals surface area (Å²) in [6.07, 6.45) is 0.710. The number of hydrogen-bond acceptors (Lipinski definition) is 4. The zero-order valence-corrected chi connectivity index (χ0v) is 9.35. The van der Waals surface area contributed by atoms with Gasteiger partial charge in [0.15, 0.2) is 0 Å². The molecule has 1 fully saturated rings. The van der Waals surface area contributed by atoms with Crippen LogP contribution in [0.25, 0.3) is 0 Å². The molecule has 0 spiro atoms. The van der Waals surface area contributed by atoms with Crippen molar-refractivity contribution in [3.05, 3.63) is 0 Å².